The van der Waals surface area contributed by atoms with Crippen LogP contribution in [0.5, 0.6) is 0 Å². The van der Waals surface area contributed by atoms with Gasteiger partial charge in [0.1, 0.15) is 11.0 Å². The van der Waals surface area contributed by atoms with Gasteiger partial charge in [-0.3, -0.25) is 4.99 Å². The fraction of sp³-hybridized carbons (Fsp3) is 0.250. The van der Waals surface area contributed by atoms with E-state index >= 15 is 0 Å². The Balaban J connectivity index is 0.00000312. The van der Waals surface area contributed by atoms with E-state index in [1.54, 1.807) is 29.8 Å². The Morgan fingerprint density at radius 2 is 1.96 bits per heavy atom. The van der Waals surface area contributed by atoms with Crippen LogP contribution < -0.4 is 10.6 Å². The van der Waals surface area contributed by atoms with Gasteiger partial charge in [0, 0.05) is 31.9 Å². The fourth-order valence-corrected chi connectivity index (χ4v) is 2.51. The summed E-state index contributed by atoms with van der Waals surface area (Å²) in [6, 6.07) is 8.03. The highest BCUT2D eigenvalue weighted by Crippen LogP contribution is 2.24. The van der Waals surface area contributed by atoms with E-state index in [9.17, 15) is 4.39 Å². The number of aromatic nitrogens is 1. The molecule has 0 amide bonds. The van der Waals surface area contributed by atoms with E-state index in [0.29, 0.717) is 28.2 Å². The van der Waals surface area contributed by atoms with Gasteiger partial charge in [0.05, 0.1) is 23.2 Å². The van der Waals surface area contributed by atoms with Crippen LogP contribution in [0.1, 0.15) is 16.8 Å². The van der Waals surface area contributed by atoms with Crippen LogP contribution in [-0.2, 0) is 20.1 Å². The maximum Gasteiger partial charge on any atom is 0.191 e. The number of hydrogen-bond donors (Lipinski definition) is 2. The van der Waals surface area contributed by atoms with Gasteiger partial charge in [-0.2, -0.15) is 5.26 Å². The quantitative estimate of drug-likeness (QED) is 0.385. The summed E-state index contributed by atoms with van der Waals surface area (Å²) in [6.07, 6.45) is 0. The third-order valence-corrected chi connectivity index (χ3v) is 4.35. The molecule has 5 nitrogen and oxygen atoms in total. The first-order chi connectivity index (χ1) is 11.5. The normalized spacial score (nSPS) is 10.8. The largest absolute Gasteiger partial charge is 0.352 e. The lowest BCUT2D eigenvalue weighted by Crippen LogP contribution is -2.36. The molecule has 0 unspecified atom stereocenters. The van der Waals surface area contributed by atoms with Crippen molar-refractivity contribution in [2.75, 3.05) is 7.05 Å². The molecule has 0 aliphatic heterocycles. The number of nitrogens with zero attached hydrogens (tertiary/aromatic N) is 3. The van der Waals surface area contributed by atoms with Gasteiger partial charge in [-0.05, 0) is 18.2 Å². The first kappa shape index (κ1) is 21.5. The SMILES string of the molecule is CN=C(NCc1ccc(C#N)cc1F)NCc1cc(Cl)c(Cl)n1C.I. The second kappa shape index (κ2) is 9.85. The summed E-state index contributed by atoms with van der Waals surface area (Å²) >= 11 is 12.0. The van der Waals surface area contributed by atoms with Gasteiger partial charge < -0.3 is 15.2 Å². The van der Waals surface area contributed by atoms with Gasteiger partial charge in [-0.1, -0.05) is 29.3 Å². The monoisotopic (exact) mass is 495 g/mol. The number of benzene rings is 1. The highest BCUT2D eigenvalue weighted by Gasteiger charge is 2.10. The van der Waals surface area contributed by atoms with Crippen LogP contribution in [0.3, 0.4) is 0 Å². The summed E-state index contributed by atoms with van der Waals surface area (Å²) in [5, 5.41) is 15.8. The van der Waals surface area contributed by atoms with Crippen LogP contribution in [0, 0.1) is 17.1 Å². The zero-order valence-electron chi connectivity index (χ0n) is 13.6. The molecule has 0 spiro atoms. The highest BCUT2D eigenvalue weighted by molar-refractivity contribution is 14.0. The van der Waals surface area contributed by atoms with E-state index in [0.717, 1.165) is 5.69 Å². The number of aliphatic imine (C=N–C) groups is 1. The van der Waals surface area contributed by atoms with Crippen molar-refractivity contribution in [2.24, 2.45) is 12.0 Å². The van der Waals surface area contributed by atoms with Gasteiger partial charge in [-0.15, -0.1) is 24.0 Å². The summed E-state index contributed by atoms with van der Waals surface area (Å²) in [4.78, 5) is 4.08. The lowest BCUT2D eigenvalue weighted by molar-refractivity contribution is 0.604. The van der Waals surface area contributed by atoms with Gasteiger partial charge in [0.25, 0.3) is 0 Å². The van der Waals surface area contributed by atoms with Crippen molar-refractivity contribution in [1.82, 2.24) is 15.2 Å². The molecule has 1 heterocycles. The third kappa shape index (κ3) is 5.49. The highest BCUT2D eigenvalue weighted by atomic mass is 127. The van der Waals surface area contributed by atoms with Crippen LogP contribution in [0.25, 0.3) is 0 Å². The number of rotatable bonds is 4. The average Bonchev–Trinajstić information content (AvgIpc) is 2.83. The molecule has 0 saturated heterocycles. The predicted octanol–water partition coefficient (Wildman–Crippen LogP) is 3.83. The number of hydrogen-bond acceptors (Lipinski definition) is 2. The Bertz CT molecular complexity index is 814. The van der Waals surface area contributed by atoms with Crippen LogP contribution in [0.2, 0.25) is 10.2 Å². The second-order valence-corrected chi connectivity index (χ2v) is 5.80. The molecule has 0 saturated carbocycles. The van der Waals surface area contributed by atoms with Gasteiger partial charge in [-0.25, -0.2) is 4.39 Å². The van der Waals surface area contributed by atoms with Crippen molar-refractivity contribution >= 4 is 53.1 Å². The molecule has 25 heavy (non-hydrogen) atoms. The predicted molar refractivity (Wildman–Crippen MR) is 109 cm³/mol. The maximum atomic E-state index is 13.9. The van der Waals surface area contributed by atoms with E-state index < -0.39 is 5.82 Å². The topological polar surface area (TPSA) is 65.1 Å². The molecular weight excluding hydrogens is 479 g/mol. The lowest BCUT2D eigenvalue weighted by atomic mass is 10.1. The molecule has 1 aromatic heterocycles. The van der Waals surface area contributed by atoms with Crippen LogP contribution in [-0.4, -0.2) is 17.6 Å². The van der Waals surface area contributed by atoms with Crippen molar-refractivity contribution in [2.45, 2.75) is 13.1 Å². The Morgan fingerprint density at radius 1 is 1.28 bits per heavy atom. The van der Waals surface area contributed by atoms with Crippen molar-refractivity contribution in [3.63, 3.8) is 0 Å². The summed E-state index contributed by atoms with van der Waals surface area (Å²) < 4.78 is 15.6. The van der Waals surface area contributed by atoms with Crippen molar-refractivity contribution in [3.05, 3.63) is 57.1 Å². The molecule has 9 heteroatoms. The Morgan fingerprint density at radius 3 is 2.48 bits per heavy atom. The van der Waals surface area contributed by atoms with Gasteiger partial charge in [0.2, 0.25) is 0 Å². The first-order valence-corrected chi connectivity index (χ1v) is 7.84. The van der Waals surface area contributed by atoms with Gasteiger partial charge in [0.15, 0.2) is 5.96 Å². The summed E-state index contributed by atoms with van der Waals surface area (Å²) in [5.41, 5.74) is 1.62. The molecule has 2 aromatic rings. The molecular formula is C16H17Cl2FIN5. The van der Waals surface area contributed by atoms with Crippen molar-refractivity contribution in [1.29, 1.82) is 5.26 Å². The maximum absolute atomic E-state index is 13.9. The minimum absolute atomic E-state index is 0. The zero-order valence-corrected chi connectivity index (χ0v) is 17.4. The molecule has 2 rings (SSSR count). The smallest absolute Gasteiger partial charge is 0.191 e. The fourth-order valence-electron chi connectivity index (χ4n) is 2.09. The molecule has 2 N–H and O–H groups in total. The molecule has 0 aliphatic rings. The number of nitrogens with one attached hydrogen (secondary N) is 2. The molecule has 0 atom stereocenters. The van der Waals surface area contributed by atoms with E-state index in [1.807, 2.05) is 13.1 Å². The van der Waals surface area contributed by atoms with Crippen LogP contribution in [0.4, 0.5) is 4.39 Å². The average molecular weight is 496 g/mol. The lowest BCUT2D eigenvalue weighted by Gasteiger charge is -2.13. The molecule has 134 valence electrons. The Kier molecular flexibility index (Phi) is 8.48. The number of nitriles is 1. The summed E-state index contributed by atoms with van der Waals surface area (Å²) in [7, 11) is 3.43. The zero-order chi connectivity index (χ0) is 17.7. The Labute approximate surface area is 172 Å². The van der Waals surface area contributed by atoms with E-state index in [-0.39, 0.29) is 36.1 Å². The van der Waals surface area contributed by atoms with Crippen LogP contribution in [0.15, 0.2) is 29.3 Å². The van der Waals surface area contributed by atoms with Crippen molar-refractivity contribution < 1.29 is 4.39 Å². The van der Waals surface area contributed by atoms with Gasteiger partial charge >= 0.3 is 0 Å². The standard InChI is InChI=1S/C16H16Cl2FN5.HI/c1-21-16(23-9-12-6-13(17)15(18)24(12)2)22-8-11-4-3-10(7-20)5-14(11)19;/h3-6H,8-9H2,1-2H3,(H2,21,22,23);1H. The molecule has 0 radical (unpaired) electrons. The molecule has 0 fully saturated rings. The van der Waals surface area contributed by atoms with E-state index in [4.69, 9.17) is 28.5 Å². The molecule has 1 aromatic carbocycles. The number of guanidine groups is 1. The second-order valence-electron chi connectivity index (χ2n) is 5.03. The Hall–Kier alpha value is -1.50. The molecule has 0 bridgehead atoms. The molecule has 0 aliphatic carbocycles. The first-order valence-electron chi connectivity index (χ1n) is 7.09. The van der Waals surface area contributed by atoms with Crippen molar-refractivity contribution in [3.8, 4) is 6.07 Å². The third-order valence-electron chi connectivity index (χ3n) is 3.50. The minimum Gasteiger partial charge on any atom is -0.352 e. The van der Waals surface area contributed by atoms with E-state index in [2.05, 4.69) is 15.6 Å². The van der Waals surface area contributed by atoms with E-state index in [1.165, 1.54) is 6.07 Å². The minimum atomic E-state index is -0.432. The number of halogens is 4. The van der Waals surface area contributed by atoms with Crippen LogP contribution >= 0.6 is 47.2 Å². The summed E-state index contributed by atoms with van der Waals surface area (Å²) in [6.45, 7) is 0.699. The summed E-state index contributed by atoms with van der Waals surface area (Å²) in [5.74, 6) is 0.0743.